The van der Waals surface area contributed by atoms with Gasteiger partial charge in [-0.2, -0.15) is 5.26 Å². The number of nitrogens with zero attached hydrogens (tertiary/aromatic N) is 3. The molecule has 7 nitrogen and oxygen atoms in total. The van der Waals surface area contributed by atoms with E-state index in [0.717, 1.165) is 6.07 Å². The molecule has 1 aromatic heterocycles. The summed E-state index contributed by atoms with van der Waals surface area (Å²) in [7, 11) is 0. The van der Waals surface area contributed by atoms with Gasteiger partial charge >= 0.3 is 11.7 Å². The summed E-state index contributed by atoms with van der Waals surface area (Å²) in [4.78, 5) is 36.6. The van der Waals surface area contributed by atoms with Crippen LogP contribution >= 0.6 is 0 Å². The molecule has 0 aliphatic carbocycles. The van der Waals surface area contributed by atoms with Crippen LogP contribution in [0.2, 0.25) is 0 Å². The third-order valence-electron chi connectivity index (χ3n) is 4.03. The van der Waals surface area contributed by atoms with E-state index in [9.17, 15) is 23.9 Å². The minimum Gasteiger partial charge on any atom is -0.478 e. The standard InChI is InChI=1S/C17H16FN3O4/c1-4-13-9(3)15(22)21(17(25)20(13)5-2)14-7-11(16(23)24)10(8-19)6-12(14)18/h6-7H,4-5H2,1-3H3,(H,23,24). The predicted octanol–water partition coefficient (Wildman–Crippen LogP) is 1.60. The molecule has 130 valence electrons. The zero-order valence-corrected chi connectivity index (χ0v) is 14.0. The van der Waals surface area contributed by atoms with E-state index in [1.165, 1.54) is 11.5 Å². The molecule has 1 aromatic carbocycles. The van der Waals surface area contributed by atoms with Gasteiger partial charge in [0.05, 0.1) is 16.8 Å². The normalized spacial score (nSPS) is 10.5. The molecule has 0 fully saturated rings. The van der Waals surface area contributed by atoms with Crippen molar-refractivity contribution in [1.29, 1.82) is 5.26 Å². The average Bonchev–Trinajstić information content (AvgIpc) is 2.58. The molecule has 0 bridgehead atoms. The molecule has 1 heterocycles. The number of halogens is 1. The molecule has 1 N–H and O–H groups in total. The Morgan fingerprint density at radius 3 is 2.44 bits per heavy atom. The molecular weight excluding hydrogens is 329 g/mol. The van der Waals surface area contributed by atoms with Gasteiger partial charge in [-0.05, 0) is 32.4 Å². The second-order valence-electron chi connectivity index (χ2n) is 5.36. The first-order chi connectivity index (χ1) is 11.8. The molecule has 0 unspecified atom stereocenters. The lowest BCUT2D eigenvalue weighted by Gasteiger charge is -2.16. The summed E-state index contributed by atoms with van der Waals surface area (Å²) >= 11 is 0. The van der Waals surface area contributed by atoms with E-state index >= 15 is 0 Å². The molecule has 0 aliphatic rings. The molecule has 0 saturated carbocycles. The van der Waals surface area contributed by atoms with E-state index in [4.69, 9.17) is 5.26 Å². The molecule has 2 aromatic rings. The van der Waals surface area contributed by atoms with Crippen molar-refractivity contribution in [2.24, 2.45) is 0 Å². The van der Waals surface area contributed by atoms with Gasteiger partial charge in [0, 0.05) is 17.8 Å². The first kappa shape index (κ1) is 18.1. The fourth-order valence-corrected chi connectivity index (χ4v) is 2.81. The Labute approximate surface area is 142 Å². The van der Waals surface area contributed by atoms with Crippen molar-refractivity contribution in [3.05, 3.63) is 61.2 Å². The quantitative estimate of drug-likeness (QED) is 0.906. The van der Waals surface area contributed by atoms with Crippen LogP contribution in [0.15, 0.2) is 21.7 Å². The monoisotopic (exact) mass is 345 g/mol. The number of nitriles is 1. The molecule has 0 radical (unpaired) electrons. The summed E-state index contributed by atoms with van der Waals surface area (Å²) in [6.45, 7) is 5.31. The minimum atomic E-state index is -1.46. The van der Waals surface area contributed by atoms with E-state index in [2.05, 4.69) is 0 Å². The summed E-state index contributed by atoms with van der Waals surface area (Å²) in [5, 5.41) is 18.1. The number of hydrogen-bond donors (Lipinski definition) is 1. The lowest BCUT2D eigenvalue weighted by atomic mass is 10.1. The first-order valence-electron chi connectivity index (χ1n) is 7.61. The molecule has 0 spiro atoms. The lowest BCUT2D eigenvalue weighted by Crippen LogP contribution is -2.42. The zero-order valence-electron chi connectivity index (χ0n) is 14.0. The molecule has 2 rings (SSSR count). The smallest absolute Gasteiger partial charge is 0.337 e. The average molecular weight is 345 g/mol. The van der Waals surface area contributed by atoms with E-state index in [1.54, 1.807) is 19.9 Å². The first-order valence-corrected chi connectivity index (χ1v) is 7.61. The van der Waals surface area contributed by atoms with Crippen LogP contribution in [0, 0.1) is 24.1 Å². The van der Waals surface area contributed by atoms with Crippen LogP contribution in [-0.4, -0.2) is 20.2 Å². The van der Waals surface area contributed by atoms with Crippen molar-refractivity contribution in [3.63, 3.8) is 0 Å². The molecular formula is C17H16FN3O4. The number of carboxylic acids is 1. The van der Waals surface area contributed by atoms with Crippen LogP contribution in [0.4, 0.5) is 4.39 Å². The number of benzene rings is 1. The number of hydrogen-bond acceptors (Lipinski definition) is 4. The van der Waals surface area contributed by atoms with Crippen LogP contribution in [0.5, 0.6) is 0 Å². The maximum Gasteiger partial charge on any atom is 0.337 e. The van der Waals surface area contributed by atoms with Crippen molar-refractivity contribution in [3.8, 4) is 11.8 Å². The van der Waals surface area contributed by atoms with Crippen molar-refractivity contribution in [2.75, 3.05) is 0 Å². The lowest BCUT2D eigenvalue weighted by molar-refractivity contribution is 0.0696. The Bertz CT molecular complexity index is 1030. The SMILES string of the molecule is CCc1c(C)c(=O)n(-c2cc(C(=O)O)c(C#N)cc2F)c(=O)n1CC. The van der Waals surface area contributed by atoms with Gasteiger partial charge in [-0.15, -0.1) is 0 Å². The van der Waals surface area contributed by atoms with Crippen molar-refractivity contribution in [2.45, 2.75) is 33.7 Å². The van der Waals surface area contributed by atoms with Crippen LogP contribution in [0.25, 0.3) is 5.69 Å². The Kier molecular flexibility index (Phi) is 4.88. The fourth-order valence-electron chi connectivity index (χ4n) is 2.81. The molecule has 0 atom stereocenters. The fraction of sp³-hybridized carbons (Fsp3) is 0.294. The van der Waals surface area contributed by atoms with Gasteiger partial charge < -0.3 is 5.11 Å². The molecule has 0 saturated heterocycles. The summed E-state index contributed by atoms with van der Waals surface area (Å²) in [5.41, 5.74) is -2.00. The van der Waals surface area contributed by atoms with Crippen LogP contribution < -0.4 is 11.2 Å². The zero-order chi connectivity index (χ0) is 18.9. The van der Waals surface area contributed by atoms with E-state index in [0.29, 0.717) is 22.7 Å². The van der Waals surface area contributed by atoms with Crippen molar-refractivity contribution in [1.82, 2.24) is 9.13 Å². The highest BCUT2D eigenvalue weighted by molar-refractivity contribution is 5.91. The molecule has 25 heavy (non-hydrogen) atoms. The maximum atomic E-state index is 14.4. The van der Waals surface area contributed by atoms with Gasteiger partial charge in [-0.3, -0.25) is 9.36 Å². The summed E-state index contributed by atoms with van der Waals surface area (Å²) in [5.74, 6) is -2.48. The summed E-state index contributed by atoms with van der Waals surface area (Å²) in [6.07, 6.45) is 0.446. The number of rotatable bonds is 4. The molecule has 0 amide bonds. The Morgan fingerprint density at radius 1 is 1.32 bits per heavy atom. The largest absolute Gasteiger partial charge is 0.478 e. The van der Waals surface area contributed by atoms with Gasteiger partial charge in [0.2, 0.25) is 0 Å². The third kappa shape index (κ3) is 2.85. The number of carboxylic acid groups (broad SMARTS) is 1. The van der Waals surface area contributed by atoms with Gasteiger partial charge in [0.25, 0.3) is 5.56 Å². The van der Waals surface area contributed by atoms with E-state index < -0.39 is 34.3 Å². The van der Waals surface area contributed by atoms with Crippen LogP contribution in [0.3, 0.4) is 0 Å². The Morgan fingerprint density at radius 2 is 1.96 bits per heavy atom. The Balaban J connectivity index is 2.99. The Hall–Kier alpha value is -3.21. The van der Waals surface area contributed by atoms with Crippen molar-refractivity contribution >= 4 is 5.97 Å². The van der Waals surface area contributed by atoms with Crippen LogP contribution in [0.1, 0.15) is 41.0 Å². The highest BCUT2D eigenvalue weighted by atomic mass is 19.1. The highest BCUT2D eigenvalue weighted by Crippen LogP contribution is 2.18. The minimum absolute atomic E-state index is 0.271. The molecule has 8 heteroatoms. The maximum absolute atomic E-state index is 14.4. The number of carbonyl (C=O) groups is 1. The van der Waals surface area contributed by atoms with E-state index in [-0.39, 0.29) is 17.7 Å². The van der Waals surface area contributed by atoms with E-state index in [1.807, 2.05) is 0 Å². The second kappa shape index (κ2) is 6.73. The summed E-state index contributed by atoms with van der Waals surface area (Å²) in [6, 6.07) is 3.14. The summed E-state index contributed by atoms with van der Waals surface area (Å²) < 4.78 is 16.4. The number of aromatic carboxylic acids is 1. The van der Waals surface area contributed by atoms with Gasteiger partial charge in [-0.25, -0.2) is 18.5 Å². The van der Waals surface area contributed by atoms with Gasteiger partial charge in [0.1, 0.15) is 11.9 Å². The van der Waals surface area contributed by atoms with Crippen molar-refractivity contribution < 1.29 is 14.3 Å². The third-order valence-corrected chi connectivity index (χ3v) is 4.03. The topological polar surface area (TPSA) is 105 Å². The number of aromatic nitrogens is 2. The van der Waals surface area contributed by atoms with Gasteiger partial charge in [-0.1, -0.05) is 6.92 Å². The van der Waals surface area contributed by atoms with Crippen LogP contribution in [-0.2, 0) is 13.0 Å². The molecule has 0 aliphatic heterocycles. The highest BCUT2D eigenvalue weighted by Gasteiger charge is 2.21. The van der Waals surface area contributed by atoms with Gasteiger partial charge in [0.15, 0.2) is 0 Å². The second-order valence-corrected chi connectivity index (χ2v) is 5.36. The predicted molar refractivity (Wildman–Crippen MR) is 87.7 cm³/mol.